The number of hydrogen-bond donors (Lipinski definition) is 7. The lowest BCUT2D eigenvalue weighted by atomic mass is 10.0. The third-order valence-electron chi connectivity index (χ3n) is 5.19. The summed E-state index contributed by atoms with van der Waals surface area (Å²) in [5.41, 5.74) is 12.1. The first-order valence-corrected chi connectivity index (χ1v) is 10.7. The number of nitrogens with one attached hydrogen (secondary N) is 4. The molecule has 9 N–H and O–H groups in total. The van der Waals surface area contributed by atoms with Gasteiger partial charge in [-0.05, 0) is 31.9 Å². The fraction of sp³-hybridized carbons (Fsp3) is 0.409. The highest BCUT2D eigenvalue weighted by Crippen LogP contribution is 2.19. The van der Waals surface area contributed by atoms with E-state index in [4.69, 9.17) is 11.5 Å². The molecule has 0 saturated carbocycles. The average Bonchev–Trinajstić information content (AvgIpc) is 3.18. The number of aliphatic carboxylic acids is 1. The van der Waals surface area contributed by atoms with Gasteiger partial charge in [0, 0.05) is 29.9 Å². The molecule has 0 saturated heterocycles. The quantitative estimate of drug-likeness (QED) is 0.201. The summed E-state index contributed by atoms with van der Waals surface area (Å²) in [6, 6.07) is 2.98. The van der Waals surface area contributed by atoms with Gasteiger partial charge in [0.1, 0.15) is 18.1 Å². The number of H-pyrrole nitrogens is 1. The van der Waals surface area contributed by atoms with Crippen molar-refractivity contribution in [1.29, 1.82) is 0 Å². The average molecular weight is 475 g/mol. The standard InChI is InChI=1S/C22H30N6O6/c1-11(23)19(30)26-12(2)20(31)28-17(9-13-10-25-15-6-4-3-5-14(13)15)21(32)27-16(22(33)34)7-8-18(24)29/h3-6,10-12,16-17,25H,7-9,23H2,1-2H3,(H2,24,29)(H,26,30)(H,27,32)(H,28,31)(H,33,34). The molecule has 4 atom stereocenters. The van der Waals surface area contributed by atoms with Crippen LogP contribution in [0.25, 0.3) is 10.9 Å². The Morgan fingerprint density at radius 2 is 1.62 bits per heavy atom. The number of rotatable bonds is 12. The maximum atomic E-state index is 13.0. The number of fused-ring (bicyclic) bond motifs is 1. The first kappa shape index (κ1) is 26.3. The van der Waals surface area contributed by atoms with Gasteiger partial charge in [-0.3, -0.25) is 19.2 Å². The predicted molar refractivity (Wildman–Crippen MR) is 123 cm³/mol. The monoisotopic (exact) mass is 474 g/mol. The number of hydrogen-bond acceptors (Lipinski definition) is 6. The van der Waals surface area contributed by atoms with Crippen LogP contribution in [0.1, 0.15) is 32.3 Å². The number of nitrogens with two attached hydrogens (primary N) is 2. The van der Waals surface area contributed by atoms with E-state index >= 15 is 0 Å². The molecular weight excluding hydrogens is 444 g/mol. The molecule has 2 aromatic rings. The Kier molecular flexibility index (Phi) is 9.13. The number of carbonyl (C=O) groups is 5. The largest absolute Gasteiger partial charge is 0.480 e. The molecule has 0 spiro atoms. The van der Waals surface area contributed by atoms with Crippen LogP contribution in [0.2, 0.25) is 0 Å². The van der Waals surface area contributed by atoms with Crippen LogP contribution in [0.15, 0.2) is 30.5 Å². The lowest BCUT2D eigenvalue weighted by Gasteiger charge is -2.23. The van der Waals surface area contributed by atoms with Crippen molar-refractivity contribution in [2.24, 2.45) is 11.5 Å². The third kappa shape index (κ3) is 7.30. The highest BCUT2D eigenvalue weighted by molar-refractivity contribution is 5.94. The number of benzene rings is 1. The summed E-state index contributed by atoms with van der Waals surface area (Å²) < 4.78 is 0. The first-order chi connectivity index (χ1) is 16.0. The van der Waals surface area contributed by atoms with Crippen LogP contribution in [0.5, 0.6) is 0 Å². The summed E-state index contributed by atoms with van der Waals surface area (Å²) in [6.45, 7) is 2.90. The van der Waals surface area contributed by atoms with E-state index in [1.165, 1.54) is 13.8 Å². The van der Waals surface area contributed by atoms with Crippen LogP contribution < -0.4 is 27.4 Å². The number of aromatic amines is 1. The topological polar surface area (TPSA) is 209 Å². The maximum Gasteiger partial charge on any atom is 0.326 e. The minimum Gasteiger partial charge on any atom is -0.480 e. The summed E-state index contributed by atoms with van der Waals surface area (Å²) >= 11 is 0. The van der Waals surface area contributed by atoms with E-state index in [9.17, 15) is 29.1 Å². The van der Waals surface area contributed by atoms with Crippen LogP contribution in [-0.4, -0.2) is 63.9 Å². The minimum absolute atomic E-state index is 0.0394. The Labute approximate surface area is 195 Å². The molecular formula is C22H30N6O6. The second-order valence-corrected chi connectivity index (χ2v) is 8.05. The second-order valence-electron chi connectivity index (χ2n) is 8.05. The summed E-state index contributed by atoms with van der Waals surface area (Å²) in [4.78, 5) is 63.3. The van der Waals surface area contributed by atoms with Gasteiger partial charge in [0.25, 0.3) is 0 Å². The van der Waals surface area contributed by atoms with Crippen molar-refractivity contribution >= 4 is 40.5 Å². The number of carboxylic acids is 1. The van der Waals surface area contributed by atoms with Gasteiger partial charge in [-0.15, -0.1) is 0 Å². The molecule has 1 heterocycles. The summed E-state index contributed by atoms with van der Waals surface area (Å²) in [5, 5.41) is 17.6. The predicted octanol–water partition coefficient (Wildman–Crippen LogP) is -1.12. The molecule has 1 aromatic carbocycles. The molecule has 0 aliphatic carbocycles. The number of amides is 4. The zero-order chi connectivity index (χ0) is 25.4. The molecule has 0 fully saturated rings. The zero-order valence-electron chi connectivity index (χ0n) is 19.0. The fourth-order valence-corrected chi connectivity index (χ4v) is 3.25. The lowest BCUT2D eigenvalue weighted by molar-refractivity contribution is -0.142. The summed E-state index contributed by atoms with van der Waals surface area (Å²) in [6.07, 6.45) is 1.29. The van der Waals surface area contributed by atoms with Crippen LogP contribution in [0.3, 0.4) is 0 Å². The van der Waals surface area contributed by atoms with Gasteiger partial charge in [-0.1, -0.05) is 18.2 Å². The molecule has 0 bridgehead atoms. The van der Waals surface area contributed by atoms with E-state index in [1.807, 2.05) is 24.3 Å². The maximum absolute atomic E-state index is 13.0. The molecule has 1 aromatic heterocycles. The second kappa shape index (κ2) is 11.8. The van der Waals surface area contributed by atoms with Crippen LogP contribution >= 0.6 is 0 Å². The van der Waals surface area contributed by atoms with Gasteiger partial charge in [0.05, 0.1) is 6.04 Å². The van der Waals surface area contributed by atoms with Gasteiger partial charge in [0.2, 0.25) is 23.6 Å². The Bertz CT molecular complexity index is 1070. The van der Waals surface area contributed by atoms with E-state index in [0.29, 0.717) is 5.56 Å². The highest BCUT2D eigenvalue weighted by atomic mass is 16.4. The van der Waals surface area contributed by atoms with Gasteiger partial charge in [0.15, 0.2) is 0 Å². The van der Waals surface area contributed by atoms with E-state index in [0.717, 1.165) is 10.9 Å². The van der Waals surface area contributed by atoms with E-state index < -0.39 is 53.8 Å². The molecule has 0 radical (unpaired) electrons. The molecule has 0 aliphatic rings. The summed E-state index contributed by atoms with van der Waals surface area (Å²) in [7, 11) is 0. The number of carboxylic acid groups (broad SMARTS) is 1. The van der Waals surface area contributed by atoms with Crippen molar-refractivity contribution in [2.75, 3.05) is 0 Å². The van der Waals surface area contributed by atoms with Gasteiger partial charge >= 0.3 is 5.97 Å². The Morgan fingerprint density at radius 1 is 0.971 bits per heavy atom. The molecule has 12 nitrogen and oxygen atoms in total. The highest BCUT2D eigenvalue weighted by Gasteiger charge is 2.29. The van der Waals surface area contributed by atoms with E-state index in [-0.39, 0.29) is 19.3 Å². The van der Waals surface area contributed by atoms with E-state index in [1.54, 1.807) is 6.20 Å². The lowest BCUT2D eigenvalue weighted by Crippen LogP contribution is -2.56. The molecule has 4 amide bonds. The van der Waals surface area contributed by atoms with Crippen LogP contribution in [0, 0.1) is 0 Å². The first-order valence-electron chi connectivity index (χ1n) is 10.7. The Hall–Kier alpha value is -3.93. The molecule has 4 unspecified atom stereocenters. The Balaban J connectivity index is 2.24. The van der Waals surface area contributed by atoms with Crippen molar-refractivity contribution in [1.82, 2.24) is 20.9 Å². The molecule has 0 aliphatic heterocycles. The molecule has 34 heavy (non-hydrogen) atoms. The zero-order valence-corrected chi connectivity index (χ0v) is 19.0. The number of aromatic nitrogens is 1. The van der Waals surface area contributed by atoms with Crippen LogP contribution in [0.4, 0.5) is 0 Å². The minimum atomic E-state index is -1.38. The SMILES string of the molecule is CC(N)C(=O)NC(C)C(=O)NC(Cc1c[nH]c2ccccc12)C(=O)NC(CCC(N)=O)C(=O)O. The smallest absolute Gasteiger partial charge is 0.326 e. The molecule has 184 valence electrons. The summed E-state index contributed by atoms with van der Waals surface area (Å²) in [5.74, 6) is -4.01. The van der Waals surface area contributed by atoms with Gasteiger partial charge in [-0.2, -0.15) is 0 Å². The van der Waals surface area contributed by atoms with Crippen molar-refractivity contribution < 1.29 is 29.1 Å². The fourth-order valence-electron chi connectivity index (χ4n) is 3.25. The number of carbonyl (C=O) groups excluding carboxylic acids is 4. The normalized spacial score (nSPS) is 14.4. The van der Waals surface area contributed by atoms with Crippen molar-refractivity contribution in [2.45, 2.75) is 57.3 Å². The van der Waals surface area contributed by atoms with Crippen molar-refractivity contribution in [3.8, 4) is 0 Å². The van der Waals surface area contributed by atoms with Crippen LogP contribution in [-0.2, 0) is 30.4 Å². The van der Waals surface area contributed by atoms with Gasteiger partial charge in [-0.25, -0.2) is 4.79 Å². The molecule has 12 heteroatoms. The van der Waals surface area contributed by atoms with E-state index in [2.05, 4.69) is 20.9 Å². The number of para-hydroxylation sites is 1. The van der Waals surface area contributed by atoms with Crippen molar-refractivity contribution in [3.05, 3.63) is 36.0 Å². The van der Waals surface area contributed by atoms with Crippen molar-refractivity contribution in [3.63, 3.8) is 0 Å². The van der Waals surface area contributed by atoms with Gasteiger partial charge < -0.3 is 37.5 Å². The molecule has 2 rings (SSSR count). The Morgan fingerprint density at radius 3 is 2.24 bits per heavy atom. The third-order valence-corrected chi connectivity index (χ3v) is 5.19. The number of primary amides is 1.